The fraction of sp³-hybridized carbons (Fsp3) is 0.897. The second kappa shape index (κ2) is 27.8. The Kier molecular flexibility index (Phi) is 24.2. The Balaban J connectivity index is 1.23. The predicted octanol–water partition coefficient (Wildman–Crippen LogP) is 0.827. The number of hydrogen-bond donors (Lipinski definition) is 2. The van der Waals surface area contributed by atoms with Gasteiger partial charge in [0.25, 0.3) is 0 Å². The molecular weight excluding hydrogens is 562 g/mol. The lowest BCUT2D eigenvalue weighted by molar-refractivity contribution is -0.126. The lowest BCUT2D eigenvalue weighted by Crippen LogP contribution is -2.31. The van der Waals surface area contributed by atoms with E-state index in [1.165, 1.54) is 6.42 Å². The van der Waals surface area contributed by atoms with E-state index >= 15 is 0 Å². The molecule has 1 amide bonds. The van der Waals surface area contributed by atoms with Gasteiger partial charge in [0, 0.05) is 12.5 Å². The highest BCUT2D eigenvalue weighted by Gasteiger charge is 2.20. The molecule has 1 fully saturated rings. The fourth-order valence-electron chi connectivity index (χ4n) is 4.19. The van der Waals surface area contributed by atoms with Crippen molar-refractivity contribution in [1.82, 2.24) is 25.6 Å². The monoisotopic (exact) mass is 617 g/mol. The van der Waals surface area contributed by atoms with E-state index in [1.54, 1.807) is 4.68 Å². The minimum Gasteiger partial charge on any atom is -0.378 e. The molecule has 2 N–H and O–H groups in total. The summed E-state index contributed by atoms with van der Waals surface area (Å²) in [7, 11) is 1.90. The van der Waals surface area contributed by atoms with Gasteiger partial charge >= 0.3 is 0 Å². The zero-order valence-corrected chi connectivity index (χ0v) is 26.1. The third-order valence-electron chi connectivity index (χ3n) is 6.57. The van der Waals surface area contributed by atoms with Crippen molar-refractivity contribution in [3.8, 4) is 0 Å². The van der Waals surface area contributed by atoms with Crippen molar-refractivity contribution in [1.29, 1.82) is 0 Å². The summed E-state index contributed by atoms with van der Waals surface area (Å²) < 4.78 is 45.5. The number of nitrogens with one attached hydrogen (secondary N) is 2. The number of hydrogen-bond acceptors (Lipinski definition) is 12. The zero-order chi connectivity index (χ0) is 30.5. The van der Waals surface area contributed by atoms with Crippen LogP contribution in [-0.4, -0.2) is 140 Å². The van der Waals surface area contributed by atoms with E-state index in [2.05, 4.69) is 20.9 Å². The summed E-state index contributed by atoms with van der Waals surface area (Å²) in [6.07, 6.45) is 7.35. The number of carbonyl (C=O) groups excluding carboxylic acids is 1. The van der Waals surface area contributed by atoms with Crippen molar-refractivity contribution in [2.75, 3.05) is 119 Å². The second-order valence-corrected chi connectivity index (χ2v) is 10.0. The van der Waals surface area contributed by atoms with Gasteiger partial charge in [0.2, 0.25) is 5.91 Å². The topological polar surface area (TPSA) is 146 Å². The summed E-state index contributed by atoms with van der Waals surface area (Å²) in [5, 5.41) is 14.2. The molecule has 1 saturated carbocycles. The van der Waals surface area contributed by atoms with Crippen molar-refractivity contribution >= 4 is 5.91 Å². The molecule has 250 valence electrons. The van der Waals surface area contributed by atoms with Gasteiger partial charge in [-0.05, 0) is 19.9 Å². The largest absolute Gasteiger partial charge is 0.378 e. The average Bonchev–Trinajstić information content (AvgIpc) is 3.49. The maximum Gasteiger partial charge on any atom is 0.223 e. The first-order chi connectivity index (χ1) is 21.3. The SMILES string of the molecule is CNCCOCCOCCOCCOCCOCCOCCOCCOCCn1cc(CNC(=O)C2CCCCC2)nn1. The van der Waals surface area contributed by atoms with E-state index in [0.717, 1.165) is 37.9 Å². The number of nitrogens with zero attached hydrogens (tertiary/aromatic N) is 3. The molecule has 0 aromatic carbocycles. The maximum atomic E-state index is 12.3. The molecule has 1 aromatic heterocycles. The second-order valence-electron chi connectivity index (χ2n) is 10.0. The Morgan fingerprint density at radius 1 is 0.698 bits per heavy atom. The average molecular weight is 618 g/mol. The van der Waals surface area contributed by atoms with Gasteiger partial charge in [0.1, 0.15) is 5.69 Å². The van der Waals surface area contributed by atoms with E-state index in [0.29, 0.717) is 119 Å². The minimum atomic E-state index is 0.131. The Morgan fingerprint density at radius 3 is 1.60 bits per heavy atom. The number of likely N-dealkylation sites (N-methyl/N-ethyl adjacent to an activating group) is 1. The third-order valence-corrected chi connectivity index (χ3v) is 6.57. The molecule has 1 aromatic rings. The van der Waals surface area contributed by atoms with Crippen LogP contribution in [0.5, 0.6) is 0 Å². The maximum absolute atomic E-state index is 12.3. The number of amides is 1. The Bertz CT molecular complexity index is 768. The van der Waals surface area contributed by atoms with Crippen LogP contribution in [0, 0.1) is 5.92 Å². The summed E-state index contributed by atoms with van der Waals surface area (Å²) in [5.74, 6) is 0.279. The van der Waals surface area contributed by atoms with Crippen LogP contribution in [0.3, 0.4) is 0 Å². The Hall–Kier alpha value is -1.75. The first-order valence-electron chi connectivity index (χ1n) is 15.7. The molecule has 0 unspecified atom stereocenters. The fourth-order valence-corrected chi connectivity index (χ4v) is 4.19. The zero-order valence-electron chi connectivity index (χ0n) is 26.1. The van der Waals surface area contributed by atoms with Gasteiger partial charge in [-0.2, -0.15) is 0 Å². The smallest absolute Gasteiger partial charge is 0.223 e. The van der Waals surface area contributed by atoms with E-state index < -0.39 is 0 Å². The standard InChI is InChI=1S/C29H55N5O9/c1-30-7-9-36-11-13-38-15-17-40-19-21-42-23-24-43-22-20-41-18-16-39-14-12-37-10-8-34-26-28(32-33-34)25-31-29(35)27-5-3-2-4-6-27/h26-27,30H,2-25H2,1H3,(H,31,35). The van der Waals surface area contributed by atoms with Gasteiger partial charge < -0.3 is 48.5 Å². The highest BCUT2D eigenvalue weighted by molar-refractivity contribution is 5.78. The number of aromatic nitrogens is 3. The van der Waals surface area contributed by atoms with E-state index in [-0.39, 0.29) is 11.8 Å². The van der Waals surface area contributed by atoms with Gasteiger partial charge in [-0.3, -0.25) is 4.79 Å². The van der Waals surface area contributed by atoms with Crippen LogP contribution in [0.1, 0.15) is 37.8 Å². The lowest BCUT2D eigenvalue weighted by atomic mass is 9.89. The Labute approximate surface area is 256 Å². The van der Waals surface area contributed by atoms with E-state index in [9.17, 15) is 4.79 Å². The van der Waals surface area contributed by atoms with Crippen LogP contribution in [-0.2, 0) is 55.8 Å². The summed E-state index contributed by atoms with van der Waals surface area (Å²) in [5.41, 5.74) is 0.753. The Morgan fingerprint density at radius 2 is 1.14 bits per heavy atom. The number of ether oxygens (including phenoxy) is 8. The minimum absolute atomic E-state index is 0.131. The molecule has 1 heterocycles. The molecular formula is C29H55N5O9. The quantitative estimate of drug-likeness (QED) is 0.118. The molecule has 0 atom stereocenters. The van der Waals surface area contributed by atoms with Gasteiger partial charge in [0.15, 0.2) is 0 Å². The van der Waals surface area contributed by atoms with Crippen molar-refractivity contribution in [2.24, 2.45) is 5.92 Å². The highest BCUT2D eigenvalue weighted by Crippen LogP contribution is 2.23. The molecule has 0 aliphatic heterocycles. The molecule has 14 heteroatoms. The van der Waals surface area contributed by atoms with Crippen molar-refractivity contribution in [3.05, 3.63) is 11.9 Å². The van der Waals surface area contributed by atoms with Crippen molar-refractivity contribution in [2.45, 2.75) is 45.2 Å². The number of carbonyl (C=O) groups is 1. The van der Waals surface area contributed by atoms with Crippen LogP contribution in [0.15, 0.2) is 6.20 Å². The summed E-state index contributed by atoms with van der Waals surface area (Å²) >= 11 is 0. The van der Waals surface area contributed by atoms with Crippen LogP contribution in [0.4, 0.5) is 0 Å². The molecule has 1 aliphatic rings. The summed E-state index contributed by atoms with van der Waals surface area (Å²) in [6, 6.07) is 0. The molecule has 0 bridgehead atoms. The molecule has 0 radical (unpaired) electrons. The highest BCUT2D eigenvalue weighted by atomic mass is 16.6. The predicted molar refractivity (Wildman–Crippen MR) is 159 cm³/mol. The van der Waals surface area contributed by atoms with E-state index in [1.807, 2.05) is 13.2 Å². The summed E-state index contributed by atoms with van der Waals surface area (Å²) in [4.78, 5) is 12.3. The molecule has 2 rings (SSSR count). The first kappa shape index (κ1) is 37.4. The molecule has 1 aliphatic carbocycles. The number of rotatable bonds is 30. The van der Waals surface area contributed by atoms with Crippen LogP contribution >= 0.6 is 0 Å². The van der Waals surface area contributed by atoms with Gasteiger partial charge in [-0.1, -0.05) is 24.5 Å². The lowest BCUT2D eigenvalue weighted by Gasteiger charge is -2.20. The van der Waals surface area contributed by atoms with Crippen LogP contribution < -0.4 is 10.6 Å². The van der Waals surface area contributed by atoms with Crippen LogP contribution in [0.25, 0.3) is 0 Å². The molecule has 43 heavy (non-hydrogen) atoms. The van der Waals surface area contributed by atoms with Crippen molar-refractivity contribution < 1.29 is 42.7 Å². The molecule has 0 saturated heterocycles. The van der Waals surface area contributed by atoms with Crippen LogP contribution in [0.2, 0.25) is 0 Å². The van der Waals surface area contributed by atoms with Gasteiger partial charge in [-0.15, -0.1) is 5.10 Å². The normalized spacial score (nSPS) is 14.0. The first-order valence-corrected chi connectivity index (χ1v) is 15.7. The van der Waals surface area contributed by atoms with E-state index in [4.69, 9.17) is 37.9 Å². The summed E-state index contributed by atoms with van der Waals surface area (Å²) in [6.45, 7) is 10.4. The third kappa shape index (κ3) is 21.6. The molecule has 0 spiro atoms. The van der Waals surface area contributed by atoms with Gasteiger partial charge in [-0.25, -0.2) is 4.68 Å². The molecule has 14 nitrogen and oxygen atoms in total. The van der Waals surface area contributed by atoms with Crippen molar-refractivity contribution in [3.63, 3.8) is 0 Å². The van der Waals surface area contributed by atoms with Gasteiger partial charge in [0.05, 0.1) is 125 Å².